The molecule has 0 nitrogen and oxygen atoms in total. The molecule has 0 spiro atoms. The minimum absolute atomic E-state index is 1.22. The lowest BCUT2D eigenvalue weighted by Gasteiger charge is -1.85. The SMILES string of the molecule is CCCc1cc[c]s1. The zero-order chi connectivity index (χ0) is 5.82. The first-order chi connectivity index (χ1) is 3.93. The van der Waals surface area contributed by atoms with Gasteiger partial charge >= 0.3 is 0 Å². The maximum Gasteiger partial charge on any atom is 0.0445 e. The summed E-state index contributed by atoms with van der Waals surface area (Å²) in [6, 6.07) is 4.11. The molecular weight excluding hydrogens is 116 g/mol. The van der Waals surface area contributed by atoms with Crippen molar-refractivity contribution in [1.82, 2.24) is 0 Å². The van der Waals surface area contributed by atoms with Crippen molar-refractivity contribution < 1.29 is 0 Å². The average molecular weight is 125 g/mol. The molecule has 1 heterocycles. The van der Waals surface area contributed by atoms with E-state index < -0.39 is 0 Å². The summed E-state index contributed by atoms with van der Waals surface area (Å²) < 4.78 is 0. The second-order valence-electron chi connectivity index (χ2n) is 1.77. The Balaban J connectivity index is 2.50. The van der Waals surface area contributed by atoms with Crippen LogP contribution in [0.2, 0.25) is 0 Å². The topological polar surface area (TPSA) is 0 Å². The molecule has 8 heavy (non-hydrogen) atoms. The molecule has 0 unspecified atom stereocenters. The van der Waals surface area contributed by atoms with E-state index >= 15 is 0 Å². The third kappa shape index (κ3) is 1.34. The number of aryl methyl sites for hydroxylation is 1. The van der Waals surface area contributed by atoms with Crippen molar-refractivity contribution in [3.8, 4) is 0 Å². The summed E-state index contributed by atoms with van der Waals surface area (Å²) in [7, 11) is 0. The van der Waals surface area contributed by atoms with E-state index in [-0.39, 0.29) is 0 Å². The molecule has 0 atom stereocenters. The fourth-order valence-electron chi connectivity index (χ4n) is 0.651. The summed E-state index contributed by atoms with van der Waals surface area (Å²) in [4.78, 5) is 1.45. The van der Waals surface area contributed by atoms with Crippen molar-refractivity contribution in [3.63, 3.8) is 0 Å². The minimum atomic E-state index is 1.22. The van der Waals surface area contributed by atoms with Gasteiger partial charge < -0.3 is 0 Å². The molecule has 0 N–H and O–H groups in total. The van der Waals surface area contributed by atoms with E-state index in [2.05, 4.69) is 18.4 Å². The van der Waals surface area contributed by atoms with Gasteiger partial charge in [0.2, 0.25) is 0 Å². The number of hydrogen-bond acceptors (Lipinski definition) is 1. The summed E-state index contributed by atoms with van der Waals surface area (Å²) >= 11 is 1.72. The largest absolute Gasteiger partial charge is 0.139 e. The standard InChI is InChI=1S/C7H9S/c1-2-4-7-5-3-6-8-7/h3,5H,2,4H2,1H3. The Kier molecular flexibility index (Phi) is 2.10. The Hall–Kier alpha value is -0.300. The van der Waals surface area contributed by atoms with Crippen molar-refractivity contribution in [2.75, 3.05) is 0 Å². The Labute approximate surface area is 54.2 Å². The van der Waals surface area contributed by atoms with Gasteiger partial charge in [0.1, 0.15) is 0 Å². The smallest absolute Gasteiger partial charge is 0.0445 e. The van der Waals surface area contributed by atoms with Gasteiger partial charge in [-0.05, 0) is 18.6 Å². The van der Waals surface area contributed by atoms with Crippen LogP contribution in [0.1, 0.15) is 18.2 Å². The summed E-state index contributed by atoms with van der Waals surface area (Å²) in [5.41, 5.74) is 0. The van der Waals surface area contributed by atoms with Gasteiger partial charge in [0.05, 0.1) is 0 Å². The molecule has 0 saturated heterocycles. The van der Waals surface area contributed by atoms with E-state index in [4.69, 9.17) is 0 Å². The van der Waals surface area contributed by atoms with E-state index in [1.807, 2.05) is 6.07 Å². The van der Waals surface area contributed by atoms with Crippen LogP contribution in [0.3, 0.4) is 0 Å². The zero-order valence-corrected chi connectivity index (χ0v) is 5.79. The van der Waals surface area contributed by atoms with E-state index in [0.717, 1.165) is 0 Å². The van der Waals surface area contributed by atoms with Gasteiger partial charge in [0.15, 0.2) is 0 Å². The molecule has 0 saturated carbocycles. The summed E-state index contributed by atoms with van der Waals surface area (Å²) in [6.45, 7) is 2.19. The van der Waals surface area contributed by atoms with Crippen LogP contribution in [0.15, 0.2) is 12.1 Å². The maximum absolute atomic E-state index is 3.06. The van der Waals surface area contributed by atoms with Gasteiger partial charge in [-0.1, -0.05) is 13.3 Å². The van der Waals surface area contributed by atoms with Crippen molar-refractivity contribution in [1.29, 1.82) is 0 Å². The summed E-state index contributed by atoms with van der Waals surface area (Å²) in [5, 5.41) is 3.06. The third-order valence-electron chi connectivity index (χ3n) is 1.02. The third-order valence-corrected chi connectivity index (χ3v) is 1.88. The first kappa shape index (κ1) is 5.83. The highest BCUT2D eigenvalue weighted by atomic mass is 32.1. The Morgan fingerprint density at radius 3 is 3.12 bits per heavy atom. The highest BCUT2D eigenvalue weighted by Crippen LogP contribution is 2.08. The highest BCUT2D eigenvalue weighted by molar-refractivity contribution is 7.09. The molecule has 0 amide bonds. The van der Waals surface area contributed by atoms with Crippen LogP contribution in [0.25, 0.3) is 0 Å². The van der Waals surface area contributed by atoms with Crippen molar-refractivity contribution in [2.45, 2.75) is 19.8 Å². The highest BCUT2D eigenvalue weighted by Gasteiger charge is 1.87. The fraction of sp³-hybridized carbons (Fsp3) is 0.429. The van der Waals surface area contributed by atoms with Crippen LogP contribution in [0, 0.1) is 5.38 Å². The number of thiophene rings is 1. The monoisotopic (exact) mass is 125 g/mol. The molecule has 1 aromatic rings. The fourth-order valence-corrected chi connectivity index (χ4v) is 1.38. The Bertz CT molecular complexity index is 130. The Morgan fingerprint density at radius 1 is 1.75 bits per heavy atom. The lowest BCUT2D eigenvalue weighted by Crippen LogP contribution is -1.71. The van der Waals surface area contributed by atoms with Crippen molar-refractivity contribution in [2.24, 2.45) is 0 Å². The van der Waals surface area contributed by atoms with Gasteiger partial charge in [-0.2, -0.15) is 0 Å². The molecule has 0 aliphatic rings. The number of rotatable bonds is 2. The lowest BCUT2D eigenvalue weighted by molar-refractivity contribution is 0.940. The van der Waals surface area contributed by atoms with Gasteiger partial charge in [-0.3, -0.25) is 0 Å². The molecule has 0 bridgehead atoms. The molecule has 0 aliphatic heterocycles. The van der Waals surface area contributed by atoms with E-state index in [9.17, 15) is 0 Å². The molecular formula is C7H9S. The molecule has 0 fully saturated rings. The first-order valence-electron chi connectivity index (χ1n) is 2.88. The van der Waals surface area contributed by atoms with Crippen LogP contribution in [-0.4, -0.2) is 0 Å². The molecule has 0 aliphatic carbocycles. The molecule has 1 radical (unpaired) electrons. The molecule has 0 aromatic carbocycles. The van der Waals surface area contributed by atoms with Crippen molar-refractivity contribution in [3.05, 3.63) is 22.4 Å². The summed E-state index contributed by atoms with van der Waals surface area (Å²) in [5.74, 6) is 0. The second kappa shape index (κ2) is 2.88. The van der Waals surface area contributed by atoms with Crippen LogP contribution in [-0.2, 0) is 6.42 Å². The predicted octanol–water partition coefficient (Wildman–Crippen LogP) is 2.50. The molecule has 1 aromatic heterocycles. The van der Waals surface area contributed by atoms with E-state index in [1.165, 1.54) is 17.7 Å². The molecule has 1 rings (SSSR count). The minimum Gasteiger partial charge on any atom is -0.139 e. The average Bonchev–Trinajstić information content (AvgIpc) is 2.19. The molecule has 43 valence electrons. The first-order valence-corrected chi connectivity index (χ1v) is 3.70. The van der Waals surface area contributed by atoms with Gasteiger partial charge in [-0.25, -0.2) is 0 Å². The van der Waals surface area contributed by atoms with Crippen LogP contribution in [0.4, 0.5) is 0 Å². The van der Waals surface area contributed by atoms with E-state index in [1.54, 1.807) is 11.3 Å². The van der Waals surface area contributed by atoms with Crippen LogP contribution < -0.4 is 0 Å². The quantitative estimate of drug-likeness (QED) is 0.569. The lowest BCUT2D eigenvalue weighted by atomic mass is 10.3. The predicted molar refractivity (Wildman–Crippen MR) is 37.1 cm³/mol. The normalized spacial score (nSPS) is 9.62. The van der Waals surface area contributed by atoms with Crippen LogP contribution >= 0.6 is 11.3 Å². The number of hydrogen-bond donors (Lipinski definition) is 0. The zero-order valence-electron chi connectivity index (χ0n) is 4.98. The second-order valence-corrected chi connectivity index (χ2v) is 2.73. The van der Waals surface area contributed by atoms with E-state index in [0.29, 0.717) is 0 Å². The van der Waals surface area contributed by atoms with Crippen molar-refractivity contribution >= 4 is 11.3 Å². The summed E-state index contributed by atoms with van der Waals surface area (Å²) in [6.07, 6.45) is 2.46. The Morgan fingerprint density at radius 2 is 2.62 bits per heavy atom. The molecule has 1 heteroatoms. The maximum atomic E-state index is 3.06. The van der Waals surface area contributed by atoms with Gasteiger partial charge in [-0.15, -0.1) is 11.3 Å². The van der Waals surface area contributed by atoms with Crippen LogP contribution in [0.5, 0.6) is 0 Å². The van der Waals surface area contributed by atoms with Gasteiger partial charge in [0.25, 0.3) is 0 Å². The van der Waals surface area contributed by atoms with Gasteiger partial charge in [0, 0.05) is 10.3 Å².